The summed E-state index contributed by atoms with van der Waals surface area (Å²) in [6, 6.07) is 0. The zero-order valence-electron chi connectivity index (χ0n) is 8.91. The molecule has 0 aliphatic heterocycles. The highest BCUT2D eigenvalue weighted by Gasteiger charge is 2.34. The van der Waals surface area contributed by atoms with Crippen molar-refractivity contribution in [2.75, 3.05) is 0 Å². The molecule has 0 saturated heterocycles. The number of hydrogen-bond donors (Lipinski definition) is 2. The SMILES string of the molecule is C=CCCC(O)C1(O)CCCCCC1. The molecule has 0 radical (unpaired) electrons. The summed E-state index contributed by atoms with van der Waals surface area (Å²) in [5, 5.41) is 20.2. The van der Waals surface area contributed by atoms with Gasteiger partial charge in [-0.1, -0.05) is 31.8 Å². The van der Waals surface area contributed by atoms with Crippen LogP contribution in [0.5, 0.6) is 0 Å². The summed E-state index contributed by atoms with van der Waals surface area (Å²) in [6.07, 6.45) is 8.62. The number of hydrogen-bond acceptors (Lipinski definition) is 2. The number of rotatable bonds is 4. The Morgan fingerprint density at radius 3 is 2.29 bits per heavy atom. The Balaban J connectivity index is 2.47. The second kappa shape index (κ2) is 5.52. The molecule has 0 bridgehead atoms. The molecule has 1 fully saturated rings. The van der Waals surface area contributed by atoms with E-state index in [1.54, 1.807) is 6.08 Å². The molecular weight excluding hydrogens is 176 g/mol. The van der Waals surface area contributed by atoms with Gasteiger partial charge in [-0.05, 0) is 25.7 Å². The molecule has 1 rings (SSSR count). The molecule has 1 atom stereocenters. The average Bonchev–Trinajstić information content (AvgIpc) is 2.40. The third-order valence-electron chi connectivity index (χ3n) is 3.23. The predicted octanol–water partition coefficient (Wildman–Crippen LogP) is 2.40. The number of allylic oxidation sites excluding steroid dienone is 1. The largest absolute Gasteiger partial charge is 0.390 e. The van der Waals surface area contributed by atoms with Crippen molar-refractivity contribution in [2.24, 2.45) is 0 Å². The first-order chi connectivity index (χ1) is 6.69. The second-order valence-electron chi connectivity index (χ2n) is 4.40. The maximum atomic E-state index is 10.3. The van der Waals surface area contributed by atoms with Gasteiger partial charge in [-0.2, -0.15) is 0 Å². The standard InChI is InChI=1S/C12H22O2/c1-2-3-8-11(13)12(14)9-6-4-5-7-10-12/h2,11,13-14H,1,3-10H2. The Morgan fingerprint density at radius 2 is 1.79 bits per heavy atom. The molecule has 2 N–H and O–H groups in total. The van der Waals surface area contributed by atoms with E-state index >= 15 is 0 Å². The molecule has 1 aliphatic carbocycles. The van der Waals surface area contributed by atoms with Gasteiger partial charge in [-0.15, -0.1) is 6.58 Å². The van der Waals surface area contributed by atoms with Gasteiger partial charge in [-0.3, -0.25) is 0 Å². The van der Waals surface area contributed by atoms with Gasteiger partial charge in [0.25, 0.3) is 0 Å². The highest BCUT2D eigenvalue weighted by atomic mass is 16.3. The molecule has 0 spiro atoms. The first kappa shape index (κ1) is 11.7. The lowest BCUT2D eigenvalue weighted by Gasteiger charge is -2.31. The van der Waals surface area contributed by atoms with Crippen molar-refractivity contribution in [3.8, 4) is 0 Å². The number of aliphatic hydroxyl groups excluding tert-OH is 1. The molecule has 14 heavy (non-hydrogen) atoms. The minimum atomic E-state index is -0.820. The van der Waals surface area contributed by atoms with Crippen molar-refractivity contribution in [3.05, 3.63) is 12.7 Å². The van der Waals surface area contributed by atoms with Gasteiger partial charge in [0.2, 0.25) is 0 Å². The minimum Gasteiger partial charge on any atom is -0.390 e. The topological polar surface area (TPSA) is 40.5 Å². The first-order valence-electron chi connectivity index (χ1n) is 5.70. The third kappa shape index (κ3) is 3.10. The van der Waals surface area contributed by atoms with Gasteiger partial charge in [0.05, 0.1) is 11.7 Å². The van der Waals surface area contributed by atoms with Crippen LogP contribution >= 0.6 is 0 Å². The van der Waals surface area contributed by atoms with Crippen LogP contribution in [0.2, 0.25) is 0 Å². The van der Waals surface area contributed by atoms with Crippen LogP contribution in [0.3, 0.4) is 0 Å². The smallest absolute Gasteiger partial charge is 0.0905 e. The molecule has 0 aromatic rings. The number of aliphatic hydroxyl groups is 2. The van der Waals surface area contributed by atoms with Crippen LogP contribution in [0.25, 0.3) is 0 Å². The van der Waals surface area contributed by atoms with Crippen molar-refractivity contribution in [1.29, 1.82) is 0 Å². The zero-order valence-corrected chi connectivity index (χ0v) is 8.91. The van der Waals surface area contributed by atoms with E-state index in [9.17, 15) is 10.2 Å². The molecule has 82 valence electrons. The Hall–Kier alpha value is -0.340. The summed E-state index contributed by atoms with van der Waals surface area (Å²) in [5.41, 5.74) is -0.820. The maximum Gasteiger partial charge on any atom is 0.0905 e. The van der Waals surface area contributed by atoms with E-state index in [0.717, 1.165) is 32.1 Å². The van der Waals surface area contributed by atoms with Crippen molar-refractivity contribution in [3.63, 3.8) is 0 Å². The van der Waals surface area contributed by atoms with E-state index < -0.39 is 11.7 Å². The summed E-state index contributed by atoms with van der Waals surface area (Å²) in [4.78, 5) is 0. The third-order valence-corrected chi connectivity index (χ3v) is 3.23. The maximum absolute atomic E-state index is 10.3. The second-order valence-corrected chi connectivity index (χ2v) is 4.40. The molecule has 1 unspecified atom stereocenters. The van der Waals surface area contributed by atoms with Crippen molar-refractivity contribution < 1.29 is 10.2 Å². The van der Waals surface area contributed by atoms with Gasteiger partial charge in [0, 0.05) is 0 Å². The van der Waals surface area contributed by atoms with Crippen molar-refractivity contribution in [2.45, 2.75) is 63.1 Å². The fourth-order valence-corrected chi connectivity index (χ4v) is 2.22. The Kier molecular flexibility index (Phi) is 4.63. The van der Waals surface area contributed by atoms with Gasteiger partial charge in [-0.25, -0.2) is 0 Å². The first-order valence-corrected chi connectivity index (χ1v) is 5.70. The molecule has 1 saturated carbocycles. The molecule has 2 heteroatoms. The molecule has 2 nitrogen and oxygen atoms in total. The molecule has 0 heterocycles. The van der Waals surface area contributed by atoms with E-state index in [-0.39, 0.29) is 0 Å². The molecule has 0 aromatic carbocycles. The predicted molar refractivity (Wildman–Crippen MR) is 58.1 cm³/mol. The van der Waals surface area contributed by atoms with E-state index in [4.69, 9.17) is 0 Å². The monoisotopic (exact) mass is 198 g/mol. The highest BCUT2D eigenvalue weighted by Crippen LogP contribution is 2.31. The Morgan fingerprint density at radius 1 is 1.21 bits per heavy atom. The molecular formula is C12H22O2. The van der Waals surface area contributed by atoms with E-state index in [1.807, 2.05) is 0 Å². The van der Waals surface area contributed by atoms with Crippen LogP contribution in [0.4, 0.5) is 0 Å². The Labute approximate surface area is 86.6 Å². The van der Waals surface area contributed by atoms with Crippen LogP contribution < -0.4 is 0 Å². The van der Waals surface area contributed by atoms with Gasteiger partial charge in [0.15, 0.2) is 0 Å². The molecule has 0 amide bonds. The average molecular weight is 198 g/mol. The van der Waals surface area contributed by atoms with Crippen molar-refractivity contribution >= 4 is 0 Å². The fraction of sp³-hybridized carbons (Fsp3) is 0.833. The van der Waals surface area contributed by atoms with Crippen LogP contribution in [-0.2, 0) is 0 Å². The summed E-state index contributed by atoms with van der Waals surface area (Å²) in [6.45, 7) is 3.63. The van der Waals surface area contributed by atoms with Crippen LogP contribution in [0.15, 0.2) is 12.7 Å². The zero-order chi connectivity index (χ0) is 10.4. The molecule has 0 aromatic heterocycles. The van der Waals surface area contributed by atoms with E-state index in [2.05, 4.69) is 6.58 Å². The van der Waals surface area contributed by atoms with Gasteiger partial charge in [0.1, 0.15) is 0 Å². The lowest BCUT2D eigenvalue weighted by Crippen LogP contribution is -2.41. The van der Waals surface area contributed by atoms with Crippen LogP contribution in [-0.4, -0.2) is 21.9 Å². The molecule has 1 aliphatic rings. The lowest BCUT2D eigenvalue weighted by molar-refractivity contribution is -0.0868. The Bertz CT molecular complexity index is 169. The minimum absolute atomic E-state index is 0.571. The normalized spacial score (nSPS) is 23.9. The van der Waals surface area contributed by atoms with Gasteiger partial charge < -0.3 is 10.2 Å². The van der Waals surface area contributed by atoms with E-state index in [0.29, 0.717) is 6.42 Å². The van der Waals surface area contributed by atoms with Crippen LogP contribution in [0.1, 0.15) is 51.4 Å². The van der Waals surface area contributed by atoms with Crippen LogP contribution in [0, 0.1) is 0 Å². The summed E-state index contributed by atoms with van der Waals surface area (Å²) < 4.78 is 0. The quantitative estimate of drug-likeness (QED) is 0.538. The van der Waals surface area contributed by atoms with Crippen molar-refractivity contribution in [1.82, 2.24) is 0 Å². The summed E-state index contributed by atoms with van der Waals surface area (Å²) >= 11 is 0. The highest BCUT2D eigenvalue weighted by molar-refractivity contribution is 4.89. The van der Waals surface area contributed by atoms with E-state index in [1.165, 1.54) is 12.8 Å². The fourth-order valence-electron chi connectivity index (χ4n) is 2.22. The lowest BCUT2D eigenvalue weighted by atomic mass is 9.86. The summed E-state index contributed by atoms with van der Waals surface area (Å²) in [5.74, 6) is 0. The van der Waals surface area contributed by atoms with Gasteiger partial charge >= 0.3 is 0 Å². The summed E-state index contributed by atoms with van der Waals surface area (Å²) in [7, 11) is 0.